The van der Waals surface area contributed by atoms with E-state index < -0.39 is 0 Å². The first kappa shape index (κ1) is 19.9. The molecule has 32 heavy (non-hydrogen) atoms. The Labute approximate surface area is 190 Å². The van der Waals surface area contributed by atoms with Crippen molar-refractivity contribution in [3.8, 4) is 17.7 Å². The largest absolute Gasteiger partial charge is 0.457 e. The maximum atomic E-state index is 9.33. The van der Waals surface area contributed by atoms with E-state index in [2.05, 4.69) is 20.9 Å². The molecule has 156 valence electrons. The van der Waals surface area contributed by atoms with E-state index in [-0.39, 0.29) is 5.37 Å². The molecule has 0 bridgehead atoms. The summed E-state index contributed by atoms with van der Waals surface area (Å²) in [5.41, 5.74) is 3.90. The number of fused-ring (bicyclic) bond motifs is 1. The zero-order chi connectivity index (χ0) is 21.8. The first-order valence-electron chi connectivity index (χ1n) is 10.1. The molecule has 3 heterocycles. The van der Waals surface area contributed by atoms with E-state index in [9.17, 15) is 5.26 Å². The van der Waals surface area contributed by atoms with Crippen molar-refractivity contribution in [2.24, 2.45) is 4.99 Å². The Morgan fingerprint density at radius 3 is 2.78 bits per heavy atom. The monoisotopic (exact) mass is 437 g/mol. The summed E-state index contributed by atoms with van der Waals surface area (Å²) in [6.07, 6.45) is 7.74. The molecule has 0 fully saturated rings. The van der Waals surface area contributed by atoms with Gasteiger partial charge in [-0.2, -0.15) is 5.26 Å². The van der Waals surface area contributed by atoms with Crippen LogP contribution >= 0.6 is 11.8 Å². The van der Waals surface area contributed by atoms with Crippen LogP contribution in [0.25, 0.3) is 0 Å². The van der Waals surface area contributed by atoms with Crippen molar-refractivity contribution in [1.29, 1.82) is 5.26 Å². The molecule has 1 aliphatic rings. The number of aromatic nitrogens is 2. The summed E-state index contributed by atoms with van der Waals surface area (Å²) in [6, 6.07) is 23.2. The minimum absolute atomic E-state index is 0.178. The Bertz CT molecular complexity index is 1290. The molecule has 2 aromatic heterocycles. The lowest BCUT2D eigenvalue weighted by molar-refractivity contribution is 0.482. The third kappa shape index (κ3) is 4.09. The molecule has 7 heteroatoms. The van der Waals surface area contributed by atoms with Crippen molar-refractivity contribution in [3.05, 3.63) is 108 Å². The molecule has 6 nitrogen and oxygen atoms in total. The Hall–Kier alpha value is -4.02. The van der Waals surface area contributed by atoms with Gasteiger partial charge in [0.1, 0.15) is 22.7 Å². The van der Waals surface area contributed by atoms with E-state index in [1.807, 2.05) is 97.1 Å². The summed E-state index contributed by atoms with van der Waals surface area (Å²) in [5.74, 6) is 2.74. The average Bonchev–Trinajstić information content (AvgIpc) is 3.43. The van der Waals surface area contributed by atoms with Crippen molar-refractivity contribution in [2.45, 2.75) is 11.1 Å². The van der Waals surface area contributed by atoms with Gasteiger partial charge in [-0.1, -0.05) is 36.4 Å². The van der Waals surface area contributed by atoms with Crippen LogP contribution in [0, 0.1) is 11.5 Å². The molecule has 1 aliphatic heterocycles. The summed E-state index contributed by atoms with van der Waals surface area (Å²) >= 11 is 1.83. The number of nitriles is 1. The fourth-order valence-electron chi connectivity index (χ4n) is 3.63. The zero-order valence-electron chi connectivity index (χ0n) is 17.1. The van der Waals surface area contributed by atoms with Gasteiger partial charge in [0.25, 0.3) is 0 Å². The minimum Gasteiger partial charge on any atom is -0.457 e. The third-order valence-electron chi connectivity index (χ3n) is 5.09. The molecule has 1 unspecified atom stereocenters. The van der Waals surface area contributed by atoms with Crippen molar-refractivity contribution in [1.82, 2.24) is 14.9 Å². The van der Waals surface area contributed by atoms with Crippen LogP contribution in [0.15, 0.2) is 96.4 Å². The van der Waals surface area contributed by atoms with Crippen LogP contribution in [0.1, 0.15) is 22.2 Å². The molecule has 1 atom stereocenters. The second kappa shape index (κ2) is 9.00. The number of para-hydroxylation sites is 1. The van der Waals surface area contributed by atoms with Crippen LogP contribution in [0.2, 0.25) is 0 Å². The second-order valence-corrected chi connectivity index (χ2v) is 8.21. The lowest BCUT2D eigenvalue weighted by Gasteiger charge is -2.11. The number of amidine groups is 1. The number of benzene rings is 2. The lowest BCUT2D eigenvalue weighted by Crippen LogP contribution is -2.18. The Kier molecular flexibility index (Phi) is 5.60. The maximum Gasteiger partial charge on any atom is 0.182 e. The number of rotatable bonds is 5. The molecule has 0 aliphatic carbocycles. The second-order valence-electron chi connectivity index (χ2n) is 7.14. The number of nitrogens with one attached hydrogen (secondary N) is 1. The van der Waals surface area contributed by atoms with Crippen LogP contribution in [-0.4, -0.2) is 15.4 Å². The molecular weight excluding hydrogens is 418 g/mol. The van der Waals surface area contributed by atoms with Gasteiger partial charge in [-0.05, 0) is 36.4 Å². The predicted octanol–water partition coefficient (Wildman–Crippen LogP) is 5.62. The van der Waals surface area contributed by atoms with E-state index >= 15 is 0 Å². The van der Waals surface area contributed by atoms with Gasteiger partial charge in [-0.15, -0.1) is 11.8 Å². The van der Waals surface area contributed by atoms with Gasteiger partial charge in [0, 0.05) is 35.5 Å². The average molecular weight is 438 g/mol. The third-order valence-corrected chi connectivity index (χ3v) is 6.35. The topological polar surface area (TPSA) is 75.2 Å². The number of hydrogen-bond acceptors (Lipinski definition) is 5. The maximum absolute atomic E-state index is 9.33. The van der Waals surface area contributed by atoms with E-state index in [0.29, 0.717) is 11.6 Å². The van der Waals surface area contributed by atoms with Crippen LogP contribution in [-0.2, 0) is 5.75 Å². The van der Waals surface area contributed by atoms with E-state index in [1.54, 1.807) is 6.20 Å². The molecule has 0 saturated carbocycles. The number of thioether (sulfide) groups is 1. The number of aliphatic imine (C=N–C) groups is 1. The predicted molar refractivity (Wildman–Crippen MR) is 126 cm³/mol. The highest BCUT2D eigenvalue weighted by Crippen LogP contribution is 2.44. The molecule has 0 radical (unpaired) electrons. The number of pyridine rings is 1. The highest BCUT2D eigenvalue weighted by Gasteiger charge is 2.26. The van der Waals surface area contributed by atoms with Gasteiger partial charge >= 0.3 is 0 Å². The molecule has 4 aromatic rings. The van der Waals surface area contributed by atoms with Crippen molar-refractivity contribution in [3.63, 3.8) is 0 Å². The minimum atomic E-state index is 0.178. The molecule has 0 amide bonds. The fourth-order valence-corrected chi connectivity index (χ4v) is 4.93. The van der Waals surface area contributed by atoms with Gasteiger partial charge in [0.2, 0.25) is 0 Å². The number of ether oxygens (including phenoxy) is 1. The summed E-state index contributed by atoms with van der Waals surface area (Å²) < 4.78 is 8.16. The molecule has 0 saturated heterocycles. The Morgan fingerprint density at radius 1 is 1.09 bits per heavy atom. The smallest absolute Gasteiger partial charge is 0.182 e. The SMILES string of the molecule is N#CNC(=Nc1ccn2c1CSC2c1cccnc1)c1cccc(Oc2ccccc2)c1. The van der Waals surface area contributed by atoms with Crippen LogP contribution < -0.4 is 10.1 Å². The summed E-state index contributed by atoms with van der Waals surface area (Å²) in [7, 11) is 0. The number of nitrogens with zero attached hydrogens (tertiary/aromatic N) is 4. The fraction of sp³-hybridized carbons (Fsp3) is 0.0800. The zero-order valence-corrected chi connectivity index (χ0v) is 17.9. The summed E-state index contributed by atoms with van der Waals surface area (Å²) in [5, 5.41) is 12.2. The van der Waals surface area contributed by atoms with Gasteiger partial charge in [-0.25, -0.2) is 4.99 Å². The highest BCUT2D eigenvalue weighted by molar-refractivity contribution is 7.99. The quantitative estimate of drug-likeness (QED) is 0.190. The van der Waals surface area contributed by atoms with E-state index in [0.717, 1.165) is 34.0 Å². The Balaban J connectivity index is 1.45. The molecule has 0 spiro atoms. The van der Waals surface area contributed by atoms with Crippen molar-refractivity contribution < 1.29 is 4.74 Å². The van der Waals surface area contributed by atoms with E-state index in [1.165, 1.54) is 0 Å². The lowest BCUT2D eigenvalue weighted by atomic mass is 10.2. The first-order chi connectivity index (χ1) is 15.8. The molecule has 2 aromatic carbocycles. The standard InChI is InChI=1S/C25H19N5OS/c26-17-28-24(18-6-4-10-21(14-18)31-20-8-2-1-3-9-20)29-22-11-13-30-23(22)16-32-25(30)19-7-5-12-27-15-19/h1-15,25H,16H2,(H,28,29). The van der Waals surface area contributed by atoms with Crippen LogP contribution in [0.4, 0.5) is 5.69 Å². The normalized spacial score (nSPS) is 15.1. The highest BCUT2D eigenvalue weighted by atomic mass is 32.2. The summed E-state index contributed by atoms with van der Waals surface area (Å²) in [4.78, 5) is 9.05. The van der Waals surface area contributed by atoms with Gasteiger partial charge in [0.15, 0.2) is 6.19 Å². The van der Waals surface area contributed by atoms with Crippen LogP contribution in [0.5, 0.6) is 11.5 Å². The summed E-state index contributed by atoms with van der Waals surface area (Å²) in [6.45, 7) is 0. The molecule has 1 N–H and O–H groups in total. The van der Waals surface area contributed by atoms with Crippen molar-refractivity contribution >= 4 is 23.3 Å². The van der Waals surface area contributed by atoms with Gasteiger partial charge < -0.3 is 9.30 Å². The van der Waals surface area contributed by atoms with Crippen LogP contribution in [0.3, 0.4) is 0 Å². The molecule has 5 rings (SSSR count). The van der Waals surface area contributed by atoms with Crippen molar-refractivity contribution in [2.75, 3.05) is 0 Å². The van der Waals surface area contributed by atoms with E-state index in [4.69, 9.17) is 9.73 Å². The van der Waals surface area contributed by atoms with Gasteiger partial charge in [-0.3, -0.25) is 10.3 Å². The Morgan fingerprint density at radius 2 is 1.97 bits per heavy atom. The first-order valence-corrected chi connectivity index (χ1v) is 11.1. The number of hydrogen-bond donors (Lipinski definition) is 1. The molecular formula is C25H19N5OS. The van der Waals surface area contributed by atoms with Gasteiger partial charge in [0.05, 0.1) is 11.4 Å².